The van der Waals surface area contributed by atoms with E-state index in [0.717, 1.165) is 12.0 Å². The van der Waals surface area contributed by atoms with E-state index >= 15 is 0 Å². The van der Waals surface area contributed by atoms with Crippen molar-refractivity contribution in [2.75, 3.05) is 0 Å². The first-order chi connectivity index (χ1) is 12.3. The number of amides is 1. The number of rotatable bonds is 5. The summed E-state index contributed by atoms with van der Waals surface area (Å²) in [6.07, 6.45) is 9.35. The number of benzene rings is 1. The van der Waals surface area contributed by atoms with E-state index in [1.807, 2.05) is 0 Å². The summed E-state index contributed by atoms with van der Waals surface area (Å²) in [5.41, 5.74) is 2.29. The van der Waals surface area contributed by atoms with Crippen molar-refractivity contribution in [3.8, 4) is 0 Å². The maximum Gasteiger partial charge on any atom is 0.237 e. The molecule has 1 aliphatic heterocycles. The van der Waals surface area contributed by atoms with Gasteiger partial charge in [-0.15, -0.1) is 24.8 Å². The first-order valence-corrected chi connectivity index (χ1v) is 9.22. The molecule has 1 aliphatic carbocycles. The van der Waals surface area contributed by atoms with Crippen molar-refractivity contribution in [3.63, 3.8) is 0 Å². The van der Waals surface area contributed by atoms with Crippen LogP contribution in [0.2, 0.25) is 0 Å². The molecule has 8 heteroatoms. The molecule has 3 atom stereocenters. The van der Waals surface area contributed by atoms with Crippen LogP contribution >= 0.6 is 24.8 Å². The largest absolute Gasteiger partial charge is 0.351 e. The minimum absolute atomic E-state index is 0. The van der Waals surface area contributed by atoms with Crippen LogP contribution in [0, 0.1) is 5.92 Å². The Labute approximate surface area is 172 Å². The van der Waals surface area contributed by atoms with Crippen molar-refractivity contribution in [2.45, 2.75) is 57.3 Å². The molecule has 2 aliphatic rings. The van der Waals surface area contributed by atoms with E-state index in [9.17, 15) is 4.79 Å². The summed E-state index contributed by atoms with van der Waals surface area (Å²) in [5.74, 6) is 0.835. The molecule has 148 valence electrons. The highest BCUT2D eigenvalue weighted by Gasteiger charge is 2.37. The van der Waals surface area contributed by atoms with Gasteiger partial charge in [-0.25, -0.2) is 9.67 Å². The van der Waals surface area contributed by atoms with Gasteiger partial charge < -0.3 is 10.6 Å². The number of halogens is 2. The average Bonchev–Trinajstić information content (AvgIpc) is 3.30. The molecule has 1 aromatic heterocycles. The van der Waals surface area contributed by atoms with Gasteiger partial charge in [0.25, 0.3) is 0 Å². The number of nitrogens with one attached hydrogen (secondary N) is 2. The van der Waals surface area contributed by atoms with Gasteiger partial charge in [-0.2, -0.15) is 5.10 Å². The third-order valence-electron chi connectivity index (χ3n) is 5.48. The van der Waals surface area contributed by atoms with E-state index in [2.05, 4.69) is 45.0 Å². The predicted octanol–water partition coefficient (Wildman–Crippen LogP) is 2.71. The molecule has 6 nitrogen and oxygen atoms in total. The third-order valence-corrected chi connectivity index (χ3v) is 5.48. The van der Waals surface area contributed by atoms with Crippen LogP contribution < -0.4 is 10.6 Å². The van der Waals surface area contributed by atoms with Crippen molar-refractivity contribution >= 4 is 30.7 Å². The molecular weight excluding hydrogens is 385 g/mol. The number of nitrogens with zero attached hydrogens (tertiary/aromatic N) is 3. The molecule has 27 heavy (non-hydrogen) atoms. The smallest absolute Gasteiger partial charge is 0.237 e. The molecule has 0 spiro atoms. The molecule has 1 saturated heterocycles. The molecule has 0 bridgehead atoms. The van der Waals surface area contributed by atoms with Crippen LogP contribution in [0.15, 0.2) is 36.9 Å². The first-order valence-electron chi connectivity index (χ1n) is 9.22. The van der Waals surface area contributed by atoms with Crippen LogP contribution in [-0.4, -0.2) is 32.8 Å². The lowest BCUT2D eigenvalue weighted by molar-refractivity contribution is -0.123. The quantitative estimate of drug-likeness (QED) is 0.792. The molecule has 2 heterocycles. The topological polar surface area (TPSA) is 71.8 Å². The van der Waals surface area contributed by atoms with Gasteiger partial charge in [0.05, 0.1) is 12.6 Å². The van der Waals surface area contributed by atoms with Crippen LogP contribution in [0.3, 0.4) is 0 Å². The van der Waals surface area contributed by atoms with Gasteiger partial charge in [0.2, 0.25) is 5.91 Å². The lowest BCUT2D eigenvalue weighted by Gasteiger charge is -2.24. The molecular formula is C19H27Cl2N5O. The van der Waals surface area contributed by atoms with Gasteiger partial charge in [0, 0.05) is 12.6 Å². The molecule has 3 unspecified atom stereocenters. The molecule has 2 fully saturated rings. The number of hydrogen-bond acceptors (Lipinski definition) is 4. The Balaban J connectivity index is 0.00000131. The van der Waals surface area contributed by atoms with Crippen LogP contribution in [0.4, 0.5) is 0 Å². The minimum Gasteiger partial charge on any atom is -0.351 e. The number of hydrogen-bond donors (Lipinski definition) is 2. The molecule has 2 aromatic rings. The summed E-state index contributed by atoms with van der Waals surface area (Å²) in [4.78, 5) is 16.4. The Morgan fingerprint density at radius 3 is 2.59 bits per heavy atom. The monoisotopic (exact) mass is 411 g/mol. The second kappa shape index (κ2) is 10.1. The highest BCUT2D eigenvalue weighted by Crippen LogP contribution is 2.33. The normalized spacial score (nSPS) is 23.6. The lowest BCUT2D eigenvalue weighted by Crippen LogP contribution is -2.42. The Kier molecular flexibility index (Phi) is 8.07. The number of fused-ring (bicyclic) bond motifs is 1. The Morgan fingerprint density at radius 1 is 1.15 bits per heavy atom. The van der Waals surface area contributed by atoms with E-state index in [1.165, 1.54) is 37.6 Å². The van der Waals surface area contributed by atoms with Crippen molar-refractivity contribution in [3.05, 3.63) is 48.0 Å². The van der Waals surface area contributed by atoms with Gasteiger partial charge in [-0.1, -0.05) is 37.1 Å². The van der Waals surface area contributed by atoms with Crippen molar-refractivity contribution in [1.82, 2.24) is 25.4 Å². The summed E-state index contributed by atoms with van der Waals surface area (Å²) in [6.45, 7) is 1.29. The molecule has 2 N–H and O–H groups in total. The van der Waals surface area contributed by atoms with Gasteiger partial charge in [0.1, 0.15) is 12.7 Å². The minimum atomic E-state index is -0.0142. The number of carbonyl (C=O) groups excluding carboxylic acids is 1. The SMILES string of the molecule is Cl.Cl.O=C(NCc1ccc(Cn2cncn2)cc1)C1CC2CCCCC2N1. The van der Waals surface area contributed by atoms with E-state index < -0.39 is 0 Å². The zero-order valence-corrected chi connectivity index (χ0v) is 16.8. The van der Waals surface area contributed by atoms with Gasteiger partial charge >= 0.3 is 0 Å². The van der Waals surface area contributed by atoms with Crippen LogP contribution in [0.25, 0.3) is 0 Å². The maximum absolute atomic E-state index is 12.4. The molecule has 1 saturated carbocycles. The number of carbonyl (C=O) groups is 1. The highest BCUT2D eigenvalue weighted by molar-refractivity contribution is 5.85. The average molecular weight is 412 g/mol. The van der Waals surface area contributed by atoms with E-state index in [4.69, 9.17) is 0 Å². The zero-order valence-electron chi connectivity index (χ0n) is 15.2. The van der Waals surface area contributed by atoms with Crippen LogP contribution in [0.1, 0.15) is 43.2 Å². The molecule has 1 amide bonds. The van der Waals surface area contributed by atoms with Gasteiger partial charge in [-0.3, -0.25) is 4.79 Å². The Hall–Kier alpha value is -1.63. The third kappa shape index (κ3) is 5.43. The Morgan fingerprint density at radius 2 is 1.89 bits per heavy atom. The fourth-order valence-corrected chi connectivity index (χ4v) is 4.10. The van der Waals surface area contributed by atoms with E-state index in [1.54, 1.807) is 11.0 Å². The van der Waals surface area contributed by atoms with Crippen LogP contribution in [-0.2, 0) is 17.9 Å². The van der Waals surface area contributed by atoms with E-state index in [0.29, 0.717) is 25.0 Å². The number of aromatic nitrogens is 3. The fourth-order valence-electron chi connectivity index (χ4n) is 4.10. The lowest BCUT2D eigenvalue weighted by atomic mass is 9.85. The second-order valence-corrected chi connectivity index (χ2v) is 7.23. The van der Waals surface area contributed by atoms with Crippen molar-refractivity contribution in [2.24, 2.45) is 5.92 Å². The van der Waals surface area contributed by atoms with E-state index in [-0.39, 0.29) is 36.8 Å². The molecule has 0 radical (unpaired) electrons. The van der Waals surface area contributed by atoms with Crippen LogP contribution in [0.5, 0.6) is 0 Å². The highest BCUT2D eigenvalue weighted by atomic mass is 35.5. The summed E-state index contributed by atoms with van der Waals surface area (Å²) in [5, 5.41) is 10.7. The maximum atomic E-state index is 12.4. The van der Waals surface area contributed by atoms with Gasteiger partial charge in [-0.05, 0) is 36.3 Å². The molecule has 1 aromatic carbocycles. The van der Waals surface area contributed by atoms with Crippen molar-refractivity contribution < 1.29 is 4.79 Å². The van der Waals surface area contributed by atoms with Crippen molar-refractivity contribution in [1.29, 1.82) is 0 Å². The first kappa shape index (κ1) is 21.7. The predicted molar refractivity (Wildman–Crippen MR) is 109 cm³/mol. The molecule has 4 rings (SSSR count). The summed E-state index contributed by atoms with van der Waals surface area (Å²) >= 11 is 0. The zero-order chi connectivity index (χ0) is 17.1. The van der Waals surface area contributed by atoms with Gasteiger partial charge in [0.15, 0.2) is 0 Å². The standard InChI is InChI=1S/C19H25N5O.2ClH/c25-19(18-9-16-3-1-2-4-17(16)23-18)21-10-14-5-7-15(8-6-14)11-24-13-20-12-22-24;;/h5-8,12-13,16-18,23H,1-4,9-11H2,(H,21,25);2*1H. The second-order valence-electron chi connectivity index (χ2n) is 7.23. The summed E-state index contributed by atoms with van der Waals surface area (Å²) in [6, 6.07) is 8.82. The fraction of sp³-hybridized carbons (Fsp3) is 0.526. The summed E-state index contributed by atoms with van der Waals surface area (Å²) in [7, 11) is 0. The Bertz CT molecular complexity index is 693. The summed E-state index contributed by atoms with van der Waals surface area (Å²) < 4.78 is 1.79.